The molecule has 0 saturated carbocycles. The molecule has 1 aliphatic rings. The standard InChI is InChI=1S/C26H25N2/c1-17-8-5-11-20(14-17)22-13-7-12-21-15-28-16-23(27(4)26(28)25(21)22)24-18(2)9-6-10-19(24)3/h5-14,16H,15H2,1-4H3/q+1. The molecule has 0 amide bonds. The van der Waals surface area contributed by atoms with Gasteiger partial charge >= 0.3 is 0 Å². The molecule has 1 aliphatic heterocycles. The molecule has 2 nitrogen and oxygen atoms in total. The SMILES string of the molecule is Cc1cccc(-c2cccc3c2-c2n(C)c(-c4c(C)cccc4C)c[n+]2C3)c1. The summed E-state index contributed by atoms with van der Waals surface area (Å²) in [7, 11) is 2.20. The van der Waals surface area contributed by atoms with E-state index < -0.39 is 0 Å². The first-order valence-electron chi connectivity index (χ1n) is 9.89. The van der Waals surface area contributed by atoms with Crippen LogP contribution in [0.5, 0.6) is 0 Å². The Balaban J connectivity index is 1.75. The summed E-state index contributed by atoms with van der Waals surface area (Å²) in [6, 6.07) is 22.1. The van der Waals surface area contributed by atoms with E-state index in [-0.39, 0.29) is 0 Å². The second kappa shape index (κ2) is 6.20. The van der Waals surface area contributed by atoms with Gasteiger partial charge < -0.3 is 0 Å². The molecule has 4 aromatic rings. The normalized spacial score (nSPS) is 12.1. The number of benzene rings is 3. The van der Waals surface area contributed by atoms with Crippen LogP contribution in [0.4, 0.5) is 0 Å². The third-order valence-corrected chi connectivity index (χ3v) is 6.01. The number of rotatable bonds is 2. The number of aryl methyl sites for hydroxylation is 3. The monoisotopic (exact) mass is 365 g/mol. The molecule has 5 rings (SSSR count). The highest BCUT2D eigenvalue weighted by Crippen LogP contribution is 2.39. The van der Waals surface area contributed by atoms with Gasteiger partial charge in [0.05, 0.1) is 12.6 Å². The molecule has 0 aliphatic carbocycles. The highest BCUT2D eigenvalue weighted by Gasteiger charge is 2.34. The first kappa shape index (κ1) is 17.0. The summed E-state index contributed by atoms with van der Waals surface area (Å²) in [5, 5.41) is 0. The zero-order valence-corrected chi connectivity index (χ0v) is 17.0. The highest BCUT2D eigenvalue weighted by molar-refractivity contribution is 5.84. The lowest BCUT2D eigenvalue weighted by Crippen LogP contribution is -2.29. The lowest BCUT2D eigenvalue weighted by atomic mass is 9.95. The molecule has 0 radical (unpaired) electrons. The van der Waals surface area contributed by atoms with Gasteiger partial charge in [-0.3, -0.25) is 0 Å². The number of aromatic nitrogens is 2. The van der Waals surface area contributed by atoms with Crippen LogP contribution in [0.2, 0.25) is 0 Å². The summed E-state index contributed by atoms with van der Waals surface area (Å²) in [6.07, 6.45) is 2.32. The van der Waals surface area contributed by atoms with E-state index in [4.69, 9.17) is 0 Å². The topological polar surface area (TPSA) is 8.81 Å². The number of hydrogen-bond acceptors (Lipinski definition) is 0. The third kappa shape index (κ3) is 2.45. The average molecular weight is 366 g/mol. The predicted octanol–water partition coefficient (Wildman–Crippen LogP) is 5.60. The maximum absolute atomic E-state index is 2.41. The maximum atomic E-state index is 2.41. The smallest absolute Gasteiger partial charge is 0.226 e. The molecule has 2 heterocycles. The van der Waals surface area contributed by atoms with Crippen molar-refractivity contribution in [3.8, 4) is 33.8 Å². The largest absolute Gasteiger partial charge is 0.290 e. The van der Waals surface area contributed by atoms with E-state index in [9.17, 15) is 0 Å². The van der Waals surface area contributed by atoms with Gasteiger partial charge in [0.2, 0.25) is 0 Å². The summed E-state index contributed by atoms with van der Waals surface area (Å²) in [5.41, 5.74) is 12.0. The van der Waals surface area contributed by atoms with Gasteiger partial charge in [-0.05, 0) is 43.0 Å². The molecule has 0 N–H and O–H groups in total. The highest BCUT2D eigenvalue weighted by atomic mass is 15.2. The van der Waals surface area contributed by atoms with E-state index in [1.54, 1.807) is 0 Å². The summed E-state index contributed by atoms with van der Waals surface area (Å²) in [5.74, 6) is 1.30. The van der Waals surface area contributed by atoms with Crippen molar-refractivity contribution in [2.75, 3.05) is 0 Å². The molecule has 0 atom stereocenters. The van der Waals surface area contributed by atoms with Gasteiger partial charge in [0.15, 0.2) is 5.69 Å². The Morgan fingerprint density at radius 2 is 1.54 bits per heavy atom. The summed E-state index contributed by atoms with van der Waals surface area (Å²) in [4.78, 5) is 0. The van der Waals surface area contributed by atoms with Crippen LogP contribution >= 0.6 is 0 Å². The van der Waals surface area contributed by atoms with Crippen molar-refractivity contribution in [2.45, 2.75) is 27.3 Å². The molecular weight excluding hydrogens is 340 g/mol. The zero-order valence-electron chi connectivity index (χ0n) is 17.0. The Morgan fingerprint density at radius 1 is 0.821 bits per heavy atom. The van der Waals surface area contributed by atoms with Crippen LogP contribution < -0.4 is 4.57 Å². The second-order valence-corrected chi connectivity index (χ2v) is 8.00. The molecule has 0 bridgehead atoms. The van der Waals surface area contributed by atoms with Crippen LogP contribution in [0, 0.1) is 20.8 Å². The minimum absolute atomic E-state index is 0.934. The minimum atomic E-state index is 0.934. The third-order valence-electron chi connectivity index (χ3n) is 6.01. The number of imidazole rings is 1. The van der Waals surface area contributed by atoms with Crippen LogP contribution in [0.15, 0.2) is 66.9 Å². The van der Waals surface area contributed by atoms with E-state index in [2.05, 4.69) is 104 Å². The first-order valence-corrected chi connectivity index (χ1v) is 9.89. The fourth-order valence-corrected chi connectivity index (χ4v) is 4.72. The fourth-order valence-electron chi connectivity index (χ4n) is 4.72. The van der Waals surface area contributed by atoms with Crippen molar-refractivity contribution >= 4 is 0 Å². The van der Waals surface area contributed by atoms with Crippen molar-refractivity contribution in [1.82, 2.24) is 4.57 Å². The molecule has 0 spiro atoms. The van der Waals surface area contributed by atoms with Crippen molar-refractivity contribution < 1.29 is 4.57 Å². The quantitative estimate of drug-likeness (QED) is 0.360. The summed E-state index contributed by atoms with van der Waals surface area (Å²) < 4.78 is 4.78. The van der Waals surface area contributed by atoms with Gasteiger partial charge in [0.25, 0.3) is 5.82 Å². The number of hydrogen-bond donors (Lipinski definition) is 0. The summed E-state index contributed by atoms with van der Waals surface area (Å²) in [6.45, 7) is 7.51. The van der Waals surface area contributed by atoms with E-state index in [1.807, 2.05) is 0 Å². The molecule has 0 unspecified atom stereocenters. The van der Waals surface area contributed by atoms with Crippen LogP contribution in [0.3, 0.4) is 0 Å². The molecule has 3 aromatic carbocycles. The van der Waals surface area contributed by atoms with Crippen LogP contribution in [0.1, 0.15) is 22.3 Å². The van der Waals surface area contributed by atoms with Gasteiger partial charge in [-0.25, -0.2) is 9.13 Å². The Hall–Kier alpha value is -3.13. The van der Waals surface area contributed by atoms with Gasteiger partial charge in [0, 0.05) is 11.1 Å². The maximum Gasteiger partial charge on any atom is 0.290 e. The second-order valence-electron chi connectivity index (χ2n) is 8.00. The van der Waals surface area contributed by atoms with Gasteiger partial charge in [-0.1, -0.05) is 66.2 Å². The number of fused-ring (bicyclic) bond motifs is 3. The zero-order chi connectivity index (χ0) is 19.4. The molecular formula is C26H25N2+. The Morgan fingerprint density at radius 3 is 2.29 bits per heavy atom. The van der Waals surface area contributed by atoms with Gasteiger partial charge in [-0.15, -0.1) is 0 Å². The molecule has 0 saturated heterocycles. The average Bonchev–Trinajstić information content (AvgIpc) is 3.18. The predicted molar refractivity (Wildman–Crippen MR) is 115 cm³/mol. The van der Waals surface area contributed by atoms with Crippen molar-refractivity contribution in [1.29, 1.82) is 0 Å². The molecule has 0 fully saturated rings. The molecule has 138 valence electrons. The van der Waals surface area contributed by atoms with Crippen molar-refractivity contribution in [2.24, 2.45) is 7.05 Å². The van der Waals surface area contributed by atoms with Crippen LogP contribution in [-0.2, 0) is 13.6 Å². The Labute approximate surface area is 166 Å². The van der Waals surface area contributed by atoms with E-state index in [0.29, 0.717) is 0 Å². The van der Waals surface area contributed by atoms with E-state index in [0.717, 1.165) is 6.54 Å². The molecule has 2 heteroatoms. The fraction of sp³-hybridized carbons (Fsp3) is 0.192. The number of nitrogens with zero attached hydrogens (tertiary/aromatic N) is 2. The van der Waals surface area contributed by atoms with Gasteiger partial charge in [0.1, 0.15) is 12.7 Å². The minimum Gasteiger partial charge on any atom is -0.226 e. The van der Waals surface area contributed by atoms with E-state index in [1.165, 1.54) is 56.0 Å². The van der Waals surface area contributed by atoms with Crippen LogP contribution in [0.25, 0.3) is 33.8 Å². The van der Waals surface area contributed by atoms with Gasteiger partial charge in [-0.2, -0.15) is 0 Å². The van der Waals surface area contributed by atoms with Crippen LogP contribution in [-0.4, -0.2) is 4.57 Å². The summed E-state index contributed by atoms with van der Waals surface area (Å²) >= 11 is 0. The van der Waals surface area contributed by atoms with E-state index >= 15 is 0 Å². The van der Waals surface area contributed by atoms with Crippen molar-refractivity contribution in [3.05, 3.63) is 89.1 Å². The lowest BCUT2D eigenvalue weighted by molar-refractivity contribution is -0.671. The Bertz CT molecular complexity index is 1210. The first-order chi connectivity index (χ1) is 13.5. The van der Waals surface area contributed by atoms with Crippen molar-refractivity contribution in [3.63, 3.8) is 0 Å². The lowest BCUT2D eigenvalue weighted by Gasteiger charge is -2.10. The Kier molecular flexibility index (Phi) is 3.77. The molecule has 1 aromatic heterocycles. The molecule has 28 heavy (non-hydrogen) atoms.